The van der Waals surface area contributed by atoms with Crippen LogP contribution in [0, 0.1) is 0 Å². The SMILES string of the molecule is COc1ccc(S(=O)(=O)C(CNC(C)=O)c2cccs2)cc1. The highest BCUT2D eigenvalue weighted by molar-refractivity contribution is 7.91. The van der Waals surface area contributed by atoms with E-state index in [-0.39, 0.29) is 17.3 Å². The Hall–Kier alpha value is -1.86. The minimum absolute atomic E-state index is 0.0458. The van der Waals surface area contributed by atoms with Crippen LogP contribution in [0.5, 0.6) is 5.75 Å². The predicted octanol–water partition coefficient (Wildman–Crippen LogP) is 2.41. The van der Waals surface area contributed by atoms with Crippen molar-refractivity contribution in [3.63, 3.8) is 0 Å². The van der Waals surface area contributed by atoms with Crippen LogP contribution >= 0.6 is 11.3 Å². The number of carbonyl (C=O) groups is 1. The highest BCUT2D eigenvalue weighted by atomic mass is 32.2. The van der Waals surface area contributed by atoms with Gasteiger partial charge in [-0.2, -0.15) is 0 Å². The molecule has 22 heavy (non-hydrogen) atoms. The van der Waals surface area contributed by atoms with Gasteiger partial charge < -0.3 is 10.1 Å². The van der Waals surface area contributed by atoms with Gasteiger partial charge in [0.15, 0.2) is 9.84 Å². The number of rotatable bonds is 6. The Kier molecular flexibility index (Phi) is 5.20. The zero-order chi connectivity index (χ0) is 16.2. The molecule has 0 aliphatic carbocycles. The van der Waals surface area contributed by atoms with Crippen LogP contribution in [0.25, 0.3) is 0 Å². The second-order valence-electron chi connectivity index (χ2n) is 4.66. The molecule has 5 nitrogen and oxygen atoms in total. The standard InChI is InChI=1S/C15H17NO4S2/c1-11(17)16-10-15(14-4-3-9-21-14)22(18,19)13-7-5-12(20-2)6-8-13/h3-9,15H,10H2,1-2H3,(H,16,17). The Labute approximate surface area is 133 Å². The number of sulfone groups is 1. The minimum Gasteiger partial charge on any atom is -0.497 e. The average molecular weight is 339 g/mol. The fraction of sp³-hybridized carbons (Fsp3) is 0.267. The van der Waals surface area contributed by atoms with Crippen molar-refractivity contribution in [2.24, 2.45) is 0 Å². The summed E-state index contributed by atoms with van der Waals surface area (Å²) in [6.45, 7) is 1.41. The van der Waals surface area contributed by atoms with Gasteiger partial charge in [-0.05, 0) is 35.7 Å². The lowest BCUT2D eigenvalue weighted by atomic mass is 10.3. The lowest BCUT2D eigenvalue weighted by molar-refractivity contribution is -0.118. The van der Waals surface area contributed by atoms with E-state index in [9.17, 15) is 13.2 Å². The zero-order valence-corrected chi connectivity index (χ0v) is 13.9. The first-order chi connectivity index (χ1) is 10.4. The number of benzene rings is 1. The largest absolute Gasteiger partial charge is 0.497 e. The zero-order valence-electron chi connectivity index (χ0n) is 12.3. The first-order valence-electron chi connectivity index (χ1n) is 6.61. The summed E-state index contributed by atoms with van der Waals surface area (Å²) in [6, 6.07) is 9.81. The summed E-state index contributed by atoms with van der Waals surface area (Å²) in [5, 5.41) is 3.61. The van der Waals surface area contributed by atoms with Crippen molar-refractivity contribution in [2.45, 2.75) is 17.1 Å². The molecule has 1 atom stereocenters. The molecule has 1 amide bonds. The van der Waals surface area contributed by atoms with Crippen LogP contribution in [0.1, 0.15) is 17.1 Å². The number of ether oxygens (including phenoxy) is 1. The molecule has 0 saturated carbocycles. The number of thiophene rings is 1. The van der Waals surface area contributed by atoms with E-state index in [1.807, 2.05) is 5.38 Å². The summed E-state index contributed by atoms with van der Waals surface area (Å²) in [4.78, 5) is 12.0. The predicted molar refractivity (Wildman–Crippen MR) is 85.9 cm³/mol. The smallest absolute Gasteiger partial charge is 0.216 e. The summed E-state index contributed by atoms with van der Waals surface area (Å²) in [7, 11) is -2.08. The van der Waals surface area contributed by atoms with Crippen molar-refractivity contribution < 1.29 is 17.9 Å². The normalized spacial score (nSPS) is 12.6. The molecule has 118 valence electrons. The summed E-state index contributed by atoms with van der Waals surface area (Å²) >= 11 is 1.36. The topological polar surface area (TPSA) is 72.5 Å². The Morgan fingerprint density at radius 2 is 1.95 bits per heavy atom. The Morgan fingerprint density at radius 1 is 1.27 bits per heavy atom. The third kappa shape index (κ3) is 3.66. The lowest BCUT2D eigenvalue weighted by Gasteiger charge is -2.17. The van der Waals surface area contributed by atoms with Gasteiger partial charge in [0.25, 0.3) is 0 Å². The van der Waals surface area contributed by atoms with Crippen LogP contribution < -0.4 is 10.1 Å². The number of amides is 1. The molecular weight excluding hydrogens is 322 g/mol. The fourth-order valence-electron chi connectivity index (χ4n) is 2.00. The Bertz CT molecular complexity index is 721. The van der Waals surface area contributed by atoms with E-state index in [1.54, 1.807) is 24.3 Å². The van der Waals surface area contributed by atoms with Crippen LogP contribution in [0.4, 0.5) is 0 Å². The summed E-state index contributed by atoms with van der Waals surface area (Å²) < 4.78 is 30.8. The highest BCUT2D eigenvalue weighted by Gasteiger charge is 2.30. The van der Waals surface area contributed by atoms with E-state index < -0.39 is 15.1 Å². The van der Waals surface area contributed by atoms with E-state index >= 15 is 0 Å². The second kappa shape index (κ2) is 6.93. The first kappa shape index (κ1) is 16.5. The molecule has 0 fully saturated rings. The van der Waals surface area contributed by atoms with Crippen molar-refractivity contribution >= 4 is 27.1 Å². The van der Waals surface area contributed by atoms with Crippen molar-refractivity contribution in [1.29, 1.82) is 0 Å². The van der Waals surface area contributed by atoms with Gasteiger partial charge in [-0.25, -0.2) is 8.42 Å². The number of carbonyl (C=O) groups excluding carboxylic acids is 1. The van der Waals surface area contributed by atoms with Gasteiger partial charge in [0.2, 0.25) is 5.91 Å². The molecule has 2 aromatic rings. The van der Waals surface area contributed by atoms with Gasteiger partial charge in [-0.3, -0.25) is 4.79 Å². The van der Waals surface area contributed by atoms with Crippen LogP contribution in [-0.2, 0) is 14.6 Å². The average Bonchev–Trinajstić information content (AvgIpc) is 3.01. The molecule has 0 saturated heterocycles. The molecular formula is C15H17NO4S2. The lowest BCUT2D eigenvalue weighted by Crippen LogP contribution is -2.29. The van der Waals surface area contributed by atoms with E-state index in [4.69, 9.17) is 4.74 Å². The molecule has 0 bridgehead atoms. The van der Waals surface area contributed by atoms with Gasteiger partial charge in [0, 0.05) is 18.3 Å². The molecule has 0 radical (unpaired) electrons. The fourth-order valence-corrected chi connectivity index (χ4v) is 4.79. The first-order valence-corrected chi connectivity index (χ1v) is 9.03. The van der Waals surface area contributed by atoms with E-state index in [0.717, 1.165) is 0 Å². The molecule has 7 heteroatoms. The number of hydrogen-bond donors (Lipinski definition) is 1. The molecule has 0 aliphatic heterocycles. The maximum atomic E-state index is 12.9. The van der Waals surface area contributed by atoms with E-state index in [1.165, 1.54) is 37.5 Å². The van der Waals surface area contributed by atoms with Gasteiger partial charge >= 0.3 is 0 Å². The van der Waals surface area contributed by atoms with Gasteiger partial charge in [-0.15, -0.1) is 11.3 Å². The molecule has 0 spiro atoms. The molecule has 1 aromatic carbocycles. The summed E-state index contributed by atoms with van der Waals surface area (Å²) in [6.07, 6.45) is 0. The van der Waals surface area contributed by atoms with Crippen molar-refractivity contribution in [3.05, 3.63) is 46.7 Å². The Balaban J connectivity index is 2.37. The van der Waals surface area contributed by atoms with Crippen LogP contribution in [0.2, 0.25) is 0 Å². The summed E-state index contributed by atoms with van der Waals surface area (Å²) in [5.74, 6) is 0.333. The van der Waals surface area contributed by atoms with E-state index in [0.29, 0.717) is 10.6 Å². The molecule has 2 rings (SSSR count). The maximum Gasteiger partial charge on any atom is 0.216 e. The second-order valence-corrected chi connectivity index (χ2v) is 7.77. The quantitative estimate of drug-likeness (QED) is 0.877. The molecule has 1 N–H and O–H groups in total. The van der Waals surface area contributed by atoms with Crippen LogP contribution in [0.15, 0.2) is 46.7 Å². The number of hydrogen-bond acceptors (Lipinski definition) is 5. The maximum absolute atomic E-state index is 12.9. The Morgan fingerprint density at radius 3 is 2.45 bits per heavy atom. The third-order valence-electron chi connectivity index (χ3n) is 3.16. The van der Waals surface area contributed by atoms with Gasteiger partial charge in [0.1, 0.15) is 11.0 Å². The van der Waals surface area contributed by atoms with Gasteiger partial charge in [0.05, 0.1) is 12.0 Å². The van der Waals surface area contributed by atoms with Crippen molar-refractivity contribution in [2.75, 3.05) is 13.7 Å². The molecule has 1 heterocycles. The molecule has 0 aliphatic rings. The molecule has 1 unspecified atom stereocenters. The monoisotopic (exact) mass is 339 g/mol. The van der Waals surface area contributed by atoms with E-state index in [2.05, 4.69) is 5.32 Å². The van der Waals surface area contributed by atoms with Crippen LogP contribution in [-0.4, -0.2) is 28.0 Å². The van der Waals surface area contributed by atoms with Crippen LogP contribution in [0.3, 0.4) is 0 Å². The highest BCUT2D eigenvalue weighted by Crippen LogP contribution is 2.32. The van der Waals surface area contributed by atoms with Crippen molar-refractivity contribution in [1.82, 2.24) is 5.32 Å². The van der Waals surface area contributed by atoms with Crippen molar-refractivity contribution in [3.8, 4) is 5.75 Å². The number of nitrogens with one attached hydrogen (secondary N) is 1. The van der Waals surface area contributed by atoms with Gasteiger partial charge in [-0.1, -0.05) is 6.07 Å². The minimum atomic E-state index is -3.60. The number of methoxy groups -OCH3 is 1. The molecule has 1 aromatic heterocycles. The summed E-state index contributed by atoms with van der Waals surface area (Å²) in [5.41, 5.74) is 0. The third-order valence-corrected chi connectivity index (χ3v) is 6.39.